The van der Waals surface area contributed by atoms with Crippen LogP contribution in [0.4, 0.5) is 0 Å². The van der Waals surface area contributed by atoms with Crippen molar-refractivity contribution in [3.8, 4) is 11.1 Å². The van der Waals surface area contributed by atoms with E-state index in [2.05, 4.69) is 0 Å². The van der Waals surface area contributed by atoms with Gasteiger partial charge in [-0.15, -0.1) is 0 Å². The Bertz CT molecular complexity index is 911. The SMILES string of the molecule is Cc1ccc(-c2cc(S(=O)(=O)N3CCCC3)cc(C(=O)O)c2C)cc1. The molecule has 0 bridgehead atoms. The van der Waals surface area contributed by atoms with Crippen LogP contribution in [0.1, 0.15) is 34.3 Å². The lowest BCUT2D eigenvalue weighted by atomic mass is 9.96. The Labute approximate surface area is 148 Å². The van der Waals surface area contributed by atoms with Crippen molar-refractivity contribution in [2.45, 2.75) is 31.6 Å². The van der Waals surface area contributed by atoms with Crippen LogP contribution in [0.3, 0.4) is 0 Å². The van der Waals surface area contributed by atoms with Crippen LogP contribution in [0.25, 0.3) is 11.1 Å². The molecule has 25 heavy (non-hydrogen) atoms. The average molecular weight is 359 g/mol. The van der Waals surface area contributed by atoms with Gasteiger partial charge in [-0.25, -0.2) is 13.2 Å². The van der Waals surface area contributed by atoms with Crippen LogP contribution in [-0.2, 0) is 10.0 Å². The van der Waals surface area contributed by atoms with Crippen molar-refractivity contribution in [3.63, 3.8) is 0 Å². The first kappa shape index (κ1) is 17.6. The summed E-state index contributed by atoms with van der Waals surface area (Å²) in [5.74, 6) is -1.12. The van der Waals surface area contributed by atoms with Crippen LogP contribution in [0.5, 0.6) is 0 Å². The fraction of sp³-hybridized carbons (Fsp3) is 0.316. The Kier molecular flexibility index (Phi) is 4.67. The van der Waals surface area contributed by atoms with Crippen molar-refractivity contribution in [2.75, 3.05) is 13.1 Å². The van der Waals surface area contributed by atoms with Gasteiger partial charge >= 0.3 is 5.97 Å². The molecule has 3 rings (SSSR count). The predicted molar refractivity (Wildman–Crippen MR) is 96.3 cm³/mol. The highest BCUT2D eigenvalue weighted by Crippen LogP contribution is 2.31. The minimum atomic E-state index is -3.68. The number of nitrogens with zero attached hydrogens (tertiary/aromatic N) is 1. The maximum atomic E-state index is 12.9. The monoisotopic (exact) mass is 359 g/mol. The molecule has 1 fully saturated rings. The fourth-order valence-electron chi connectivity index (χ4n) is 3.17. The van der Waals surface area contributed by atoms with E-state index in [-0.39, 0.29) is 10.5 Å². The van der Waals surface area contributed by atoms with Crippen LogP contribution in [-0.4, -0.2) is 36.9 Å². The number of hydrogen-bond donors (Lipinski definition) is 1. The molecule has 132 valence electrons. The van der Waals surface area contributed by atoms with E-state index in [1.165, 1.54) is 10.4 Å². The standard InChI is InChI=1S/C19H21NO4S/c1-13-5-7-15(8-6-13)17-11-16(12-18(14(17)2)19(21)22)25(23,24)20-9-3-4-10-20/h5-8,11-12H,3-4,9-10H2,1-2H3,(H,21,22). The number of sulfonamides is 1. The largest absolute Gasteiger partial charge is 0.478 e. The van der Waals surface area contributed by atoms with Crippen LogP contribution < -0.4 is 0 Å². The first-order valence-electron chi connectivity index (χ1n) is 8.26. The molecule has 0 aliphatic carbocycles. The Morgan fingerprint density at radius 2 is 1.64 bits per heavy atom. The molecule has 1 saturated heterocycles. The molecule has 1 heterocycles. The molecule has 0 saturated carbocycles. The van der Waals surface area contributed by atoms with Crippen molar-refractivity contribution >= 4 is 16.0 Å². The number of carboxylic acid groups (broad SMARTS) is 1. The van der Waals surface area contributed by atoms with Crippen molar-refractivity contribution < 1.29 is 18.3 Å². The van der Waals surface area contributed by atoms with Gasteiger partial charge in [0, 0.05) is 13.1 Å². The van der Waals surface area contributed by atoms with E-state index in [1.54, 1.807) is 13.0 Å². The maximum absolute atomic E-state index is 12.9. The molecule has 0 atom stereocenters. The molecule has 1 aliphatic rings. The quantitative estimate of drug-likeness (QED) is 0.907. The van der Waals surface area contributed by atoms with Gasteiger partial charge in [-0.1, -0.05) is 29.8 Å². The lowest BCUT2D eigenvalue weighted by molar-refractivity contribution is 0.0696. The normalized spacial score (nSPS) is 15.4. The zero-order valence-corrected chi connectivity index (χ0v) is 15.1. The molecule has 6 heteroatoms. The highest BCUT2D eigenvalue weighted by atomic mass is 32.2. The number of carbonyl (C=O) groups is 1. The summed E-state index contributed by atoms with van der Waals surface area (Å²) in [6.45, 7) is 4.65. The molecule has 1 aliphatic heterocycles. The zero-order chi connectivity index (χ0) is 18.2. The maximum Gasteiger partial charge on any atom is 0.336 e. The van der Waals surface area contributed by atoms with Crippen LogP contribution >= 0.6 is 0 Å². The van der Waals surface area contributed by atoms with E-state index in [0.717, 1.165) is 24.0 Å². The summed E-state index contributed by atoms with van der Waals surface area (Å²) < 4.78 is 27.2. The number of hydrogen-bond acceptors (Lipinski definition) is 3. The Hall–Kier alpha value is -2.18. The van der Waals surface area contributed by atoms with Gasteiger partial charge in [0.05, 0.1) is 10.5 Å². The molecule has 1 N–H and O–H groups in total. The molecule has 5 nitrogen and oxygen atoms in total. The van der Waals surface area contributed by atoms with Crippen molar-refractivity contribution in [2.24, 2.45) is 0 Å². The molecule has 0 aromatic heterocycles. The summed E-state index contributed by atoms with van der Waals surface area (Å²) >= 11 is 0. The molecular formula is C19H21NO4S. The summed E-state index contributed by atoms with van der Waals surface area (Å²) in [6.07, 6.45) is 1.67. The van der Waals surface area contributed by atoms with Crippen LogP contribution in [0.15, 0.2) is 41.3 Å². The van der Waals surface area contributed by atoms with Gasteiger partial charge in [-0.05, 0) is 55.5 Å². The highest BCUT2D eigenvalue weighted by molar-refractivity contribution is 7.89. The Morgan fingerprint density at radius 3 is 2.20 bits per heavy atom. The van der Waals surface area contributed by atoms with E-state index in [0.29, 0.717) is 24.2 Å². The van der Waals surface area contributed by atoms with Gasteiger partial charge in [0.2, 0.25) is 10.0 Å². The third-order valence-electron chi connectivity index (χ3n) is 4.68. The molecule has 2 aromatic rings. The zero-order valence-electron chi connectivity index (χ0n) is 14.3. The lowest BCUT2D eigenvalue weighted by Crippen LogP contribution is -2.28. The summed E-state index contributed by atoms with van der Waals surface area (Å²) in [6, 6.07) is 10.5. The molecule has 0 spiro atoms. The molecule has 0 unspecified atom stereocenters. The third kappa shape index (κ3) is 3.32. The van der Waals surface area contributed by atoms with E-state index < -0.39 is 16.0 Å². The van der Waals surface area contributed by atoms with Crippen LogP contribution in [0.2, 0.25) is 0 Å². The van der Waals surface area contributed by atoms with Gasteiger partial charge in [0.1, 0.15) is 0 Å². The first-order chi connectivity index (χ1) is 11.8. The third-order valence-corrected chi connectivity index (χ3v) is 6.55. The number of aromatic carboxylic acids is 1. The minimum Gasteiger partial charge on any atom is -0.478 e. The topological polar surface area (TPSA) is 74.7 Å². The van der Waals surface area contributed by atoms with Gasteiger partial charge in [-0.2, -0.15) is 4.31 Å². The Balaban J connectivity index is 2.20. The van der Waals surface area contributed by atoms with Crippen LogP contribution in [0, 0.1) is 13.8 Å². The Morgan fingerprint density at radius 1 is 1.04 bits per heavy atom. The van der Waals surface area contributed by atoms with Crippen molar-refractivity contribution in [1.82, 2.24) is 4.31 Å². The van der Waals surface area contributed by atoms with Crippen molar-refractivity contribution in [3.05, 3.63) is 53.1 Å². The molecule has 2 aromatic carbocycles. The number of carboxylic acids is 1. The van der Waals surface area contributed by atoms with E-state index in [9.17, 15) is 18.3 Å². The summed E-state index contributed by atoms with van der Waals surface area (Å²) in [4.78, 5) is 11.7. The van der Waals surface area contributed by atoms with Crippen molar-refractivity contribution in [1.29, 1.82) is 0 Å². The van der Waals surface area contributed by atoms with Gasteiger partial charge in [0.15, 0.2) is 0 Å². The smallest absolute Gasteiger partial charge is 0.336 e. The van der Waals surface area contributed by atoms with Gasteiger partial charge in [-0.3, -0.25) is 0 Å². The van der Waals surface area contributed by atoms with E-state index >= 15 is 0 Å². The second kappa shape index (κ2) is 6.61. The molecule has 0 amide bonds. The summed E-state index contributed by atoms with van der Waals surface area (Å²) in [7, 11) is -3.68. The number of aryl methyl sites for hydroxylation is 1. The van der Waals surface area contributed by atoms with E-state index in [4.69, 9.17) is 0 Å². The molecular weight excluding hydrogens is 338 g/mol. The first-order valence-corrected chi connectivity index (χ1v) is 9.70. The minimum absolute atomic E-state index is 0.0239. The number of rotatable bonds is 4. The van der Waals surface area contributed by atoms with E-state index in [1.807, 2.05) is 31.2 Å². The number of benzene rings is 2. The fourth-order valence-corrected chi connectivity index (χ4v) is 4.74. The summed E-state index contributed by atoms with van der Waals surface area (Å²) in [5, 5.41) is 9.53. The summed E-state index contributed by atoms with van der Waals surface area (Å²) in [5.41, 5.74) is 3.12. The highest BCUT2D eigenvalue weighted by Gasteiger charge is 2.29. The average Bonchev–Trinajstić information content (AvgIpc) is 3.11. The molecule has 0 radical (unpaired) electrons. The predicted octanol–water partition coefficient (Wildman–Crippen LogP) is 3.45. The lowest BCUT2D eigenvalue weighted by Gasteiger charge is -2.18. The van der Waals surface area contributed by atoms with Gasteiger partial charge in [0.25, 0.3) is 0 Å². The second-order valence-electron chi connectivity index (χ2n) is 6.43. The van der Waals surface area contributed by atoms with Gasteiger partial charge < -0.3 is 5.11 Å². The second-order valence-corrected chi connectivity index (χ2v) is 8.36.